The van der Waals surface area contributed by atoms with Gasteiger partial charge in [0, 0.05) is 10.8 Å². The molecule has 1 unspecified atom stereocenters. The van der Waals surface area contributed by atoms with E-state index in [4.69, 9.17) is 4.74 Å². The van der Waals surface area contributed by atoms with Crippen molar-refractivity contribution >= 4 is 5.97 Å². The third-order valence-electron chi connectivity index (χ3n) is 4.99. The van der Waals surface area contributed by atoms with Gasteiger partial charge in [0.1, 0.15) is 0 Å². The lowest BCUT2D eigenvalue weighted by atomic mass is 9.73. The van der Waals surface area contributed by atoms with Crippen molar-refractivity contribution in [2.75, 3.05) is 6.61 Å². The predicted octanol–water partition coefficient (Wildman–Crippen LogP) is 5.94. The molecule has 2 heteroatoms. The molecule has 136 valence electrons. The van der Waals surface area contributed by atoms with E-state index < -0.39 is 0 Å². The normalized spacial score (nSPS) is 21.1. The minimum absolute atomic E-state index is 0.00720. The zero-order valence-electron chi connectivity index (χ0n) is 15.9. The summed E-state index contributed by atoms with van der Waals surface area (Å²) < 4.78 is 5.18. The van der Waals surface area contributed by atoms with Crippen LogP contribution >= 0.6 is 0 Å². The maximum Gasteiger partial charge on any atom is 0.309 e. The van der Waals surface area contributed by atoms with Crippen molar-refractivity contribution in [3.05, 3.63) is 60.8 Å². The fourth-order valence-electron chi connectivity index (χ4n) is 3.36. The smallest absolute Gasteiger partial charge is 0.309 e. The minimum Gasteiger partial charge on any atom is -0.466 e. The summed E-state index contributed by atoms with van der Waals surface area (Å²) in [6.07, 6.45) is 27.2. The monoisotopic (exact) mass is 340 g/mol. The SMILES string of the molecule is CCCC(C/C=C/CC1(C)C=CC2(C=CCC=C2)C=C1)C(=O)OCC. The first-order valence-corrected chi connectivity index (χ1v) is 9.60. The van der Waals surface area contributed by atoms with Gasteiger partial charge >= 0.3 is 5.97 Å². The minimum atomic E-state index is -0.0597. The highest BCUT2D eigenvalue weighted by Gasteiger charge is 2.27. The van der Waals surface area contributed by atoms with E-state index in [2.05, 4.69) is 74.6 Å². The van der Waals surface area contributed by atoms with Crippen LogP contribution < -0.4 is 0 Å². The molecule has 0 aromatic rings. The maximum absolute atomic E-state index is 12.0. The van der Waals surface area contributed by atoms with E-state index in [-0.39, 0.29) is 22.7 Å². The van der Waals surface area contributed by atoms with Crippen molar-refractivity contribution in [1.82, 2.24) is 0 Å². The summed E-state index contributed by atoms with van der Waals surface area (Å²) in [6, 6.07) is 0. The first-order chi connectivity index (χ1) is 12.0. The summed E-state index contributed by atoms with van der Waals surface area (Å²) in [5.74, 6) is -0.0669. The lowest BCUT2D eigenvalue weighted by Crippen LogP contribution is -2.20. The predicted molar refractivity (Wildman–Crippen MR) is 105 cm³/mol. The van der Waals surface area contributed by atoms with E-state index >= 15 is 0 Å². The molecule has 0 aromatic heterocycles. The zero-order chi connectivity index (χ0) is 18.2. The Morgan fingerprint density at radius 3 is 2.36 bits per heavy atom. The molecule has 0 aromatic carbocycles. The molecular formula is C23H32O2. The summed E-state index contributed by atoms with van der Waals surface area (Å²) in [4.78, 5) is 12.0. The van der Waals surface area contributed by atoms with Crippen molar-refractivity contribution in [1.29, 1.82) is 0 Å². The van der Waals surface area contributed by atoms with Crippen molar-refractivity contribution in [3.63, 3.8) is 0 Å². The number of ether oxygens (including phenoxy) is 1. The highest BCUT2D eigenvalue weighted by atomic mass is 16.5. The maximum atomic E-state index is 12.0. The summed E-state index contributed by atoms with van der Waals surface area (Å²) in [7, 11) is 0. The van der Waals surface area contributed by atoms with Crippen LogP contribution in [0.4, 0.5) is 0 Å². The average Bonchev–Trinajstić information content (AvgIpc) is 2.62. The highest BCUT2D eigenvalue weighted by Crippen LogP contribution is 2.39. The number of esters is 1. The quantitative estimate of drug-likeness (QED) is 0.404. The van der Waals surface area contributed by atoms with Gasteiger partial charge in [-0.15, -0.1) is 0 Å². The molecule has 0 fully saturated rings. The molecule has 0 aliphatic heterocycles. The second-order valence-electron chi connectivity index (χ2n) is 7.36. The molecule has 25 heavy (non-hydrogen) atoms. The van der Waals surface area contributed by atoms with Gasteiger partial charge in [-0.2, -0.15) is 0 Å². The number of hydrogen-bond acceptors (Lipinski definition) is 2. The van der Waals surface area contributed by atoms with E-state index in [1.807, 2.05) is 6.92 Å². The van der Waals surface area contributed by atoms with Gasteiger partial charge in [-0.3, -0.25) is 4.79 Å². The van der Waals surface area contributed by atoms with Crippen molar-refractivity contribution in [2.24, 2.45) is 16.7 Å². The fraction of sp³-hybridized carbons (Fsp3) is 0.522. The Morgan fingerprint density at radius 1 is 1.08 bits per heavy atom. The molecule has 2 rings (SSSR count). The van der Waals surface area contributed by atoms with E-state index in [9.17, 15) is 4.79 Å². The van der Waals surface area contributed by atoms with Crippen LogP contribution in [-0.4, -0.2) is 12.6 Å². The Morgan fingerprint density at radius 2 is 1.76 bits per heavy atom. The molecule has 0 radical (unpaired) electrons. The molecular weight excluding hydrogens is 308 g/mol. The number of rotatable bonds is 8. The number of carbonyl (C=O) groups excluding carboxylic acids is 1. The summed E-state index contributed by atoms with van der Waals surface area (Å²) in [6.45, 7) is 6.69. The molecule has 2 aliphatic rings. The van der Waals surface area contributed by atoms with Crippen LogP contribution in [0.15, 0.2) is 60.8 Å². The van der Waals surface area contributed by atoms with Gasteiger partial charge in [0.2, 0.25) is 0 Å². The van der Waals surface area contributed by atoms with Crippen LogP contribution in [0, 0.1) is 16.7 Å². The van der Waals surface area contributed by atoms with Gasteiger partial charge in [0.15, 0.2) is 0 Å². The molecule has 0 bridgehead atoms. The Bertz CT molecular complexity index is 561. The molecule has 0 saturated carbocycles. The average molecular weight is 341 g/mol. The van der Waals surface area contributed by atoms with Gasteiger partial charge < -0.3 is 4.74 Å². The molecule has 0 N–H and O–H groups in total. The lowest BCUT2D eigenvalue weighted by molar-refractivity contribution is -0.148. The highest BCUT2D eigenvalue weighted by molar-refractivity contribution is 5.72. The Kier molecular flexibility index (Phi) is 7.04. The molecule has 0 amide bonds. The van der Waals surface area contributed by atoms with Gasteiger partial charge in [-0.25, -0.2) is 0 Å². The number of carbonyl (C=O) groups is 1. The zero-order valence-corrected chi connectivity index (χ0v) is 15.9. The molecule has 2 nitrogen and oxygen atoms in total. The molecule has 2 aliphatic carbocycles. The van der Waals surface area contributed by atoms with Crippen molar-refractivity contribution in [2.45, 2.75) is 52.9 Å². The van der Waals surface area contributed by atoms with Gasteiger partial charge in [0.05, 0.1) is 12.5 Å². The molecule has 1 atom stereocenters. The third kappa shape index (κ3) is 5.59. The van der Waals surface area contributed by atoms with E-state index in [1.54, 1.807) is 0 Å². The van der Waals surface area contributed by atoms with Crippen LogP contribution in [0.25, 0.3) is 0 Å². The Hall–Kier alpha value is -1.83. The molecule has 0 heterocycles. The first kappa shape index (κ1) is 19.5. The third-order valence-corrected chi connectivity index (χ3v) is 4.99. The topological polar surface area (TPSA) is 26.3 Å². The summed E-state index contributed by atoms with van der Waals surface area (Å²) in [5.41, 5.74) is 0.0304. The van der Waals surface area contributed by atoms with Crippen LogP contribution in [0.5, 0.6) is 0 Å². The largest absolute Gasteiger partial charge is 0.466 e. The molecule has 0 saturated heterocycles. The van der Waals surface area contributed by atoms with Crippen LogP contribution in [0.2, 0.25) is 0 Å². The summed E-state index contributed by atoms with van der Waals surface area (Å²) in [5, 5.41) is 0. The lowest BCUT2D eigenvalue weighted by Gasteiger charge is -2.31. The standard InChI is InChI=1S/C23H32O2/c1-4-11-20(21(24)25-5-2)12-7-10-13-22(3)16-18-23(19-17-22)14-8-6-9-15-23/h7-10,14-20H,4-6,11-13H2,1-3H3/b10-7+. The second kappa shape index (κ2) is 9.03. The molecule has 1 spiro atoms. The van der Waals surface area contributed by atoms with Gasteiger partial charge in [-0.1, -0.05) is 81.0 Å². The first-order valence-electron chi connectivity index (χ1n) is 9.60. The van der Waals surface area contributed by atoms with Crippen LogP contribution in [0.3, 0.4) is 0 Å². The Balaban J connectivity index is 1.88. The van der Waals surface area contributed by atoms with Gasteiger partial charge in [-0.05, 0) is 32.6 Å². The van der Waals surface area contributed by atoms with E-state index in [1.165, 1.54) is 0 Å². The second-order valence-corrected chi connectivity index (χ2v) is 7.36. The van der Waals surface area contributed by atoms with Crippen LogP contribution in [0.1, 0.15) is 52.9 Å². The van der Waals surface area contributed by atoms with Gasteiger partial charge in [0.25, 0.3) is 0 Å². The summed E-state index contributed by atoms with van der Waals surface area (Å²) >= 11 is 0. The Labute approximate surface area is 153 Å². The van der Waals surface area contributed by atoms with E-state index in [0.29, 0.717) is 6.61 Å². The fourth-order valence-corrected chi connectivity index (χ4v) is 3.36. The van der Waals surface area contributed by atoms with Crippen LogP contribution in [-0.2, 0) is 9.53 Å². The van der Waals surface area contributed by atoms with Crippen molar-refractivity contribution < 1.29 is 9.53 Å². The number of allylic oxidation sites excluding steroid dienone is 10. The number of hydrogen-bond donors (Lipinski definition) is 0. The van der Waals surface area contributed by atoms with Crippen molar-refractivity contribution in [3.8, 4) is 0 Å². The van der Waals surface area contributed by atoms with E-state index in [0.717, 1.165) is 32.1 Å².